The van der Waals surface area contributed by atoms with Gasteiger partial charge in [0, 0.05) is 5.69 Å². The Morgan fingerprint density at radius 3 is 2.65 bits per heavy atom. The van der Waals surface area contributed by atoms with Crippen LogP contribution in [0.25, 0.3) is 6.08 Å². The Morgan fingerprint density at radius 2 is 2.04 bits per heavy atom. The van der Waals surface area contributed by atoms with Crippen molar-refractivity contribution in [2.45, 2.75) is 6.92 Å². The summed E-state index contributed by atoms with van der Waals surface area (Å²) < 4.78 is 5.63. The Kier molecular flexibility index (Phi) is 6.53. The van der Waals surface area contributed by atoms with Gasteiger partial charge in [-0.15, -0.1) is 0 Å². The fourth-order valence-corrected chi connectivity index (χ4v) is 2.59. The molecule has 2 aromatic rings. The number of rotatable bonds is 6. The maximum atomic E-state index is 12.3. The van der Waals surface area contributed by atoms with Gasteiger partial charge in [-0.25, -0.2) is 4.79 Å². The molecule has 2 rings (SSSR count). The fourth-order valence-electron chi connectivity index (χ4n) is 2.08. The maximum absolute atomic E-state index is 12.3. The van der Waals surface area contributed by atoms with Gasteiger partial charge in [-0.1, -0.05) is 24.3 Å². The lowest BCUT2D eigenvalue weighted by Crippen LogP contribution is -2.14. The molecule has 0 radical (unpaired) electrons. The number of hydrogen-bond acceptors (Lipinski definition) is 4. The lowest BCUT2D eigenvalue weighted by Gasteiger charge is -2.08. The number of nitrogens with zero attached hydrogens (tertiary/aromatic N) is 1. The van der Waals surface area contributed by atoms with Gasteiger partial charge in [0.05, 0.1) is 4.47 Å². The van der Waals surface area contributed by atoms with Crippen molar-refractivity contribution >= 4 is 39.6 Å². The van der Waals surface area contributed by atoms with E-state index in [2.05, 4.69) is 21.2 Å². The van der Waals surface area contributed by atoms with Gasteiger partial charge in [-0.05, 0) is 58.3 Å². The number of carbonyl (C=O) groups is 2. The van der Waals surface area contributed by atoms with Crippen molar-refractivity contribution in [2.24, 2.45) is 0 Å². The van der Waals surface area contributed by atoms with E-state index in [-0.39, 0.29) is 5.57 Å². The first-order valence-electron chi connectivity index (χ1n) is 7.53. The summed E-state index contributed by atoms with van der Waals surface area (Å²) >= 11 is 3.28. The molecule has 0 aromatic heterocycles. The van der Waals surface area contributed by atoms with Crippen LogP contribution in [0.4, 0.5) is 5.69 Å². The van der Waals surface area contributed by atoms with Gasteiger partial charge >= 0.3 is 5.97 Å². The number of nitrogens with one attached hydrogen (secondary N) is 1. The summed E-state index contributed by atoms with van der Waals surface area (Å²) in [5, 5.41) is 20.6. The zero-order valence-corrected chi connectivity index (χ0v) is 15.4. The van der Waals surface area contributed by atoms with Gasteiger partial charge < -0.3 is 15.2 Å². The second kappa shape index (κ2) is 8.83. The van der Waals surface area contributed by atoms with E-state index in [1.165, 1.54) is 6.08 Å². The van der Waals surface area contributed by atoms with E-state index >= 15 is 0 Å². The van der Waals surface area contributed by atoms with Crippen LogP contribution in [0.15, 0.2) is 52.5 Å². The summed E-state index contributed by atoms with van der Waals surface area (Å²) in [4.78, 5) is 22.9. The van der Waals surface area contributed by atoms with E-state index in [1.807, 2.05) is 25.1 Å². The molecule has 2 N–H and O–H groups in total. The predicted molar refractivity (Wildman–Crippen MR) is 101 cm³/mol. The SMILES string of the molecule is Cc1ccccc1NC(=O)/C(C#N)=C\c1ccc(OCC(=O)O)c(Br)c1. The average molecular weight is 415 g/mol. The lowest BCUT2D eigenvalue weighted by atomic mass is 10.1. The van der Waals surface area contributed by atoms with E-state index < -0.39 is 18.5 Å². The van der Waals surface area contributed by atoms with E-state index in [0.29, 0.717) is 21.5 Å². The fraction of sp³-hybridized carbons (Fsp3) is 0.105. The topological polar surface area (TPSA) is 99.4 Å². The molecule has 0 fully saturated rings. The minimum absolute atomic E-state index is 0.0562. The van der Waals surface area contributed by atoms with Gasteiger partial charge in [-0.3, -0.25) is 4.79 Å². The van der Waals surface area contributed by atoms with Crippen molar-refractivity contribution in [3.63, 3.8) is 0 Å². The normalized spacial score (nSPS) is 10.7. The van der Waals surface area contributed by atoms with Crippen LogP contribution in [-0.4, -0.2) is 23.6 Å². The van der Waals surface area contributed by atoms with E-state index in [4.69, 9.17) is 9.84 Å². The molecule has 0 heterocycles. The van der Waals surface area contributed by atoms with Crippen molar-refractivity contribution in [2.75, 3.05) is 11.9 Å². The highest BCUT2D eigenvalue weighted by Crippen LogP contribution is 2.27. The minimum atomic E-state index is -1.08. The van der Waals surface area contributed by atoms with Crippen LogP contribution in [0.5, 0.6) is 5.75 Å². The van der Waals surface area contributed by atoms with Crippen LogP contribution in [0, 0.1) is 18.3 Å². The summed E-state index contributed by atoms with van der Waals surface area (Å²) in [6, 6.07) is 14.0. The molecular formula is C19H15BrN2O4. The Hall–Kier alpha value is -3.11. The molecule has 0 aliphatic heterocycles. The Labute approximate surface area is 158 Å². The highest BCUT2D eigenvalue weighted by molar-refractivity contribution is 9.10. The first-order chi connectivity index (χ1) is 12.4. The van der Waals surface area contributed by atoms with Gasteiger partial charge in [0.25, 0.3) is 5.91 Å². The molecule has 26 heavy (non-hydrogen) atoms. The molecule has 0 unspecified atom stereocenters. The molecule has 1 amide bonds. The number of halogens is 1. The van der Waals surface area contributed by atoms with Gasteiger partial charge in [0.1, 0.15) is 17.4 Å². The molecule has 2 aromatic carbocycles. The number of aryl methyl sites for hydroxylation is 1. The number of carboxylic acid groups (broad SMARTS) is 1. The number of aliphatic carboxylic acids is 1. The zero-order valence-electron chi connectivity index (χ0n) is 13.8. The van der Waals surface area contributed by atoms with Crippen LogP contribution in [0.2, 0.25) is 0 Å². The molecule has 0 saturated heterocycles. The highest BCUT2D eigenvalue weighted by atomic mass is 79.9. The summed E-state index contributed by atoms with van der Waals surface area (Å²) in [6.45, 7) is 1.40. The smallest absolute Gasteiger partial charge is 0.341 e. The number of amides is 1. The minimum Gasteiger partial charge on any atom is -0.481 e. The van der Waals surface area contributed by atoms with Gasteiger partial charge in [0.15, 0.2) is 6.61 Å². The number of carbonyl (C=O) groups excluding carboxylic acids is 1. The third kappa shape index (κ3) is 5.19. The molecule has 6 nitrogen and oxygen atoms in total. The van der Waals surface area contributed by atoms with Crippen LogP contribution in [-0.2, 0) is 9.59 Å². The number of hydrogen-bond donors (Lipinski definition) is 2. The molecule has 132 valence electrons. The third-order valence-electron chi connectivity index (χ3n) is 3.38. The second-order valence-corrected chi connectivity index (χ2v) is 6.17. The van der Waals surface area contributed by atoms with Crippen LogP contribution < -0.4 is 10.1 Å². The Morgan fingerprint density at radius 1 is 1.31 bits per heavy atom. The number of carboxylic acids is 1. The number of nitriles is 1. The molecule has 0 atom stereocenters. The van der Waals surface area contributed by atoms with E-state index in [0.717, 1.165) is 5.56 Å². The molecule has 0 aliphatic rings. The number of anilines is 1. The van der Waals surface area contributed by atoms with Crippen LogP contribution in [0.1, 0.15) is 11.1 Å². The number of ether oxygens (including phenoxy) is 1. The molecular weight excluding hydrogens is 400 g/mol. The molecule has 0 saturated carbocycles. The van der Waals surface area contributed by atoms with Crippen molar-refractivity contribution in [1.29, 1.82) is 5.26 Å². The molecule has 0 aliphatic carbocycles. The van der Waals surface area contributed by atoms with Crippen molar-refractivity contribution in [3.05, 3.63) is 63.6 Å². The predicted octanol–water partition coefficient (Wildman–Crippen LogP) is 3.77. The first-order valence-corrected chi connectivity index (χ1v) is 8.33. The summed E-state index contributed by atoms with van der Waals surface area (Å²) in [6.07, 6.45) is 1.44. The Balaban J connectivity index is 2.19. The third-order valence-corrected chi connectivity index (χ3v) is 4.00. The average Bonchev–Trinajstić information content (AvgIpc) is 2.60. The molecule has 0 spiro atoms. The standard InChI is InChI=1S/C19H15BrN2O4/c1-12-4-2-3-5-16(12)22-19(25)14(10-21)8-13-6-7-17(15(20)9-13)26-11-18(23)24/h2-9H,11H2,1H3,(H,22,25)(H,23,24)/b14-8-. The quantitative estimate of drug-likeness (QED) is 0.553. The lowest BCUT2D eigenvalue weighted by molar-refractivity contribution is -0.139. The summed E-state index contributed by atoms with van der Waals surface area (Å²) in [5.74, 6) is -1.24. The van der Waals surface area contributed by atoms with Crippen molar-refractivity contribution < 1.29 is 19.4 Å². The van der Waals surface area contributed by atoms with E-state index in [1.54, 1.807) is 30.3 Å². The van der Waals surface area contributed by atoms with Gasteiger partial charge in [0.2, 0.25) is 0 Å². The van der Waals surface area contributed by atoms with Crippen LogP contribution in [0.3, 0.4) is 0 Å². The molecule has 7 heteroatoms. The largest absolute Gasteiger partial charge is 0.481 e. The number of para-hydroxylation sites is 1. The van der Waals surface area contributed by atoms with Crippen molar-refractivity contribution in [1.82, 2.24) is 0 Å². The maximum Gasteiger partial charge on any atom is 0.341 e. The van der Waals surface area contributed by atoms with E-state index in [9.17, 15) is 14.9 Å². The van der Waals surface area contributed by atoms with Crippen molar-refractivity contribution in [3.8, 4) is 11.8 Å². The highest BCUT2D eigenvalue weighted by Gasteiger charge is 2.11. The second-order valence-electron chi connectivity index (χ2n) is 5.31. The summed E-state index contributed by atoms with van der Waals surface area (Å²) in [7, 11) is 0. The zero-order chi connectivity index (χ0) is 19.1. The van der Waals surface area contributed by atoms with Gasteiger partial charge in [-0.2, -0.15) is 5.26 Å². The summed E-state index contributed by atoms with van der Waals surface area (Å²) in [5.41, 5.74) is 2.06. The molecule has 0 bridgehead atoms. The van der Waals surface area contributed by atoms with Crippen LogP contribution >= 0.6 is 15.9 Å². The monoisotopic (exact) mass is 414 g/mol. The number of benzene rings is 2. The Bertz CT molecular complexity index is 916. The first kappa shape index (κ1) is 19.2.